The maximum absolute atomic E-state index is 12.6. The molecule has 0 saturated heterocycles. The third kappa shape index (κ3) is 5.94. The molecule has 1 aromatic heterocycles. The van der Waals surface area contributed by atoms with Gasteiger partial charge in [-0.1, -0.05) is 50.1 Å². The Hall–Kier alpha value is -3.61. The molecule has 3 aromatic rings. The molecular weight excluding hydrogens is 386 g/mol. The second kappa shape index (κ2) is 10.2. The van der Waals surface area contributed by atoms with Crippen molar-refractivity contribution < 1.29 is 23.5 Å². The molecule has 0 aliphatic carbocycles. The first-order chi connectivity index (χ1) is 14.5. The van der Waals surface area contributed by atoms with Crippen molar-refractivity contribution in [3.63, 3.8) is 0 Å². The Kier molecular flexibility index (Phi) is 7.21. The van der Waals surface area contributed by atoms with Crippen molar-refractivity contribution in [2.45, 2.75) is 38.8 Å². The smallest absolute Gasteiger partial charge is 0.408 e. The van der Waals surface area contributed by atoms with Gasteiger partial charge in [-0.3, -0.25) is 0 Å². The summed E-state index contributed by atoms with van der Waals surface area (Å²) in [5.41, 5.74) is 0.667. The molecule has 0 aliphatic rings. The SMILES string of the molecule is CCCC[C@H](NC(=O)OCc1ccccc1)C(=O)Oc1ccc2ccc(=O)oc2c1. The van der Waals surface area contributed by atoms with Crippen LogP contribution in [0.2, 0.25) is 0 Å². The molecule has 156 valence electrons. The van der Waals surface area contributed by atoms with Crippen molar-refractivity contribution in [3.05, 3.63) is 76.6 Å². The average molecular weight is 409 g/mol. The number of nitrogens with one attached hydrogen (secondary N) is 1. The van der Waals surface area contributed by atoms with E-state index in [1.165, 1.54) is 12.1 Å². The van der Waals surface area contributed by atoms with E-state index in [0.717, 1.165) is 18.4 Å². The third-order valence-electron chi connectivity index (χ3n) is 4.45. The summed E-state index contributed by atoms with van der Waals surface area (Å²) in [5.74, 6) is -0.388. The molecule has 7 nitrogen and oxygen atoms in total. The molecule has 1 amide bonds. The number of unbranched alkanes of at least 4 members (excludes halogenated alkanes) is 1. The lowest BCUT2D eigenvalue weighted by Gasteiger charge is -2.17. The van der Waals surface area contributed by atoms with Crippen molar-refractivity contribution in [2.75, 3.05) is 0 Å². The Labute approximate surface area is 173 Å². The fraction of sp³-hybridized carbons (Fsp3) is 0.261. The Bertz CT molecular complexity index is 1060. The van der Waals surface area contributed by atoms with Crippen LogP contribution >= 0.6 is 0 Å². The number of rotatable bonds is 8. The number of amides is 1. The molecule has 1 atom stereocenters. The summed E-state index contributed by atoms with van der Waals surface area (Å²) < 4.78 is 15.7. The highest BCUT2D eigenvalue weighted by atomic mass is 16.6. The van der Waals surface area contributed by atoms with Crippen molar-refractivity contribution in [2.24, 2.45) is 0 Å². The van der Waals surface area contributed by atoms with E-state index in [1.54, 1.807) is 18.2 Å². The molecule has 1 N–H and O–H groups in total. The summed E-state index contributed by atoms with van der Waals surface area (Å²) in [6, 6.07) is 16.1. The van der Waals surface area contributed by atoms with Gasteiger partial charge in [0.25, 0.3) is 0 Å². The van der Waals surface area contributed by atoms with E-state index in [1.807, 2.05) is 37.3 Å². The first kappa shape index (κ1) is 21.1. The maximum atomic E-state index is 12.6. The van der Waals surface area contributed by atoms with E-state index in [9.17, 15) is 14.4 Å². The van der Waals surface area contributed by atoms with E-state index >= 15 is 0 Å². The van der Waals surface area contributed by atoms with Gasteiger partial charge in [0.15, 0.2) is 0 Å². The minimum atomic E-state index is -0.855. The first-order valence-electron chi connectivity index (χ1n) is 9.78. The van der Waals surface area contributed by atoms with Crippen LogP contribution in [0.5, 0.6) is 5.75 Å². The highest BCUT2D eigenvalue weighted by Gasteiger charge is 2.23. The third-order valence-corrected chi connectivity index (χ3v) is 4.45. The van der Waals surface area contributed by atoms with Gasteiger partial charge in [-0.25, -0.2) is 14.4 Å². The molecular formula is C23H23NO6. The van der Waals surface area contributed by atoms with E-state index in [0.29, 0.717) is 17.4 Å². The van der Waals surface area contributed by atoms with Crippen molar-refractivity contribution in [1.29, 1.82) is 0 Å². The van der Waals surface area contributed by atoms with Gasteiger partial charge in [-0.2, -0.15) is 0 Å². The standard InChI is InChI=1S/C23H23NO6/c1-2-3-9-19(24-23(27)28-15-16-7-5-4-6-8-16)22(26)29-18-12-10-17-11-13-21(25)30-20(17)14-18/h4-8,10-14,19H,2-3,9,15H2,1H3,(H,24,27)/t19-/m0/s1. The van der Waals surface area contributed by atoms with Gasteiger partial charge in [-0.05, 0) is 30.2 Å². The Morgan fingerprint density at radius 1 is 1.07 bits per heavy atom. The Balaban J connectivity index is 1.64. The van der Waals surface area contributed by atoms with Crippen LogP contribution in [0, 0.1) is 0 Å². The number of benzene rings is 2. The summed E-state index contributed by atoms with van der Waals surface area (Å²) in [5, 5.41) is 3.29. The van der Waals surface area contributed by atoms with Crippen molar-refractivity contribution in [3.8, 4) is 5.75 Å². The molecule has 30 heavy (non-hydrogen) atoms. The number of carbonyl (C=O) groups excluding carboxylic acids is 2. The van der Waals surface area contributed by atoms with E-state index in [4.69, 9.17) is 13.9 Å². The highest BCUT2D eigenvalue weighted by Crippen LogP contribution is 2.20. The summed E-state index contributed by atoms with van der Waals surface area (Å²) in [7, 11) is 0. The van der Waals surface area contributed by atoms with Crippen LogP contribution in [-0.2, 0) is 16.1 Å². The van der Waals surface area contributed by atoms with Gasteiger partial charge in [0.1, 0.15) is 24.0 Å². The summed E-state index contributed by atoms with van der Waals surface area (Å²) in [4.78, 5) is 36.2. The normalized spacial score (nSPS) is 11.6. The fourth-order valence-electron chi connectivity index (χ4n) is 2.86. The Morgan fingerprint density at radius 3 is 2.60 bits per heavy atom. The fourth-order valence-corrected chi connectivity index (χ4v) is 2.86. The predicted molar refractivity (Wildman–Crippen MR) is 111 cm³/mol. The molecule has 2 aromatic carbocycles. The number of hydrogen-bond acceptors (Lipinski definition) is 6. The molecule has 0 aliphatic heterocycles. The minimum absolute atomic E-state index is 0.103. The molecule has 0 spiro atoms. The number of hydrogen-bond donors (Lipinski definition) is 1. The van der Waals surface area contributed by atoms with Crippen molar-refractivity contribution >= 4 is 23.0 Å². The van der Waals surface area contributed by atoms with Gasteiger partial charge in [0.05, 0.1) is 0 Å². The first-order valence-corrected chi connectivity index (χ1v) is 9.78. The van der Waals surface area contributed by atoms with Gasteiger partial charge in [0.2, 0.25) is 0 Å². The summed E-state index contributed by atoms with van der Waals surface area (Å²) in [6.07, 6.45) is 1.30. The quantitative estimate of drug-likeness (QED) is 0.341. The topological polar surface area (TPSA) is 94.8 Å². The summed E-state index contributed by atoms with van der Waals surface area (Å²) in [6.45, 7) is 2.09. The lowest BCUT2D eigenvalue weighted by atomic mass is 10.1. The van der Waals surface area contributed by atoms with E-state index in [-0.39, 0.29) is 12.4 Å². The van der Waals surface area contributed by atoms with Gasteiger partial charge >= 0.3 is 17.7 Å². The molecule has 0 radical (unpaired) electrons. The molecule has 7 heteroatoms. The number of carbonyl (C=O) groups is 2. The van der Waals surface area contributed by atoms with Crippen LogP contribution in [0.4, 0.5) is 4.79 Å². The number of esters is 1. The predicted octanol–water partition coefficient (Wildman–Crippen LogP) is 4.18. The monoisotopic (exact) mass is 409 g/mol. The molecule has 0 bridgehead atoms. The molecule has 0 saturated carbocycles. The second-order valence-corrected chi connectivity index (χ2v) is 6.78. The maximum Gasteiger partial charge on any atom is 0.408 e. The van der Waals surface area contributed by atoms with Crippen LogP contribution in [0.1, 0.15) is 31.7 Å². The zero-order valence-corrected chi connectivity index (χ0v) is 16.6. The van der Waals surface area contributed by atoms with E-state index < -0.39 is 23.7 Å². The lowest BCUT2D eigenvalue weighted by Crippen LogP contribution is -2.43. The van der Waals surface area contributed by atoms with E-state index in [2.05, 4.69) is 5.32 Å². The van der Waals surface area contributed by atoms with Crippen LogP contribution in [0.3, 0.4) is 0 Å². The zero-order chi connectivity index (χ0) is 21.3. The zero-order valence-electron chi connectivity index (χ0n) is 16.6. The lowest BCUT2D eigenvalue weighted by molar-refractivity contribution is -0.136. The molecule has 0 unspecified atom stereocenters. The number of ether oxygens (including phenoxy) is 2. The van der Waals surface area contributed by atoms with Gasteiger partial charge in [-0.15, -0.1) is 0 Å². The number of alkyl carbamates (subject to hydrolysis) is 1. The van der Waals surface area contributed by atoms with Gasteiger partial charge in [0, 0.05) is 17.5 Å². The second-order valence-electron chi connectivity index (χ2n) is 6.78. The molecule has 1 heterocycles. The largest absolute Gasteiger partial charge is 0.445 e. The molecule has 0 fully saturated rings. The average Bonchev–Trinajstić information content (AvgIpc) is 2.75. The van der Waals surface area contributed by atoms with Crippen LogP contribution in [0.15, 0.2) is 69.9 Å². The van der Waals surface area contributed by atoms with Crippen LogP contribution < -0.4 is 15.7 Å². The Morgan fingerprint density at radius 2 is 1.83 bits per heavy atom. The highest BCUT2D eigenvalue weighted by molar-refractivity contribution is 5.84. The number of fused-ring (bicyclic) bond motifs is 1. The van der Waals surface area contributed by atoms with Crippen LogP contribution in [-0.4, -0.2) is 18.1 Å². The summed E-state index contributed by atoms with van der Waals surface area (Å²) >= 11 is 0. The molecule has 3 rings (SSSR count). The van der Waals surface area contributed by atoms with Crippen molar-refractivity contribution in [1.82, 2.24) is 5.32 Å². The van der Waals surface area contributed by atoms with Gasteiger partial charge < -0.3 is 19.2 Å². The minimum Gasteiger partial charge on any atom is -0.445 e. The van der Waals surface area contributed by atoms with Crippen LogP contribution in [0.25, 0.3) is 11.0 Å².